The van der Waals surface area contributed by atoms with Crippen molar-refractivity contribution in [3.05, 3.63) is 59.2 Å². The quantitative estimate of drug-likeness (QED) is 0.826. The van der Waals surface area contributed by atoms with Gasteiger partial charge in [-0.15, -0.1) is 0 Å². The zero-order valence-electron chi connectivity index (χ0n) is 15.2. The summed E-state index contributed by atoms with van der Waals surface area (Å²) in [5, 5.41) is 0. The Morgan fingerprint density at radius 3 is 2.76 bits per heavy atom. The molecular weight excluding hydrogens is 310 g/mol. The van der Waals surface area contributed by atoms with E-state index < -0.39 is 0 Å². The fraction of sp³-hybridized carbons (Fsp3) is 0.455. The van der Waals surface area contributed by atoms with Gasteiger partial charge in [0.15, 0.2) is 0 Å². The lowest BCUT2D eigenvalue weighted by atomic mass is 9.76. The van der Waals surface area contributed by atoms with Crippen LogP contribution in [0, 0.1) is 5.92 Å². The summed E-state index contributed by atoms with van der Waals surface area (Å²) in [7, 11) is 3.97. The van der Waals surface area contributed by atoms with Gasteiger partial charge in [0.1, 0.15) is 11.5 Å². The summed E-state index contributed by atoms with van der Waals surface area (Å²) >= 11 is 0. The minimum atomic E-state index is 0.603. The molecule has 25 heavy (non-hydrogen) atoms. The number of hydrogen-bond acceptors (Lipinski definition) is 3. The average molecular weight is 337 g/mol. The molecule has 1 aliphatic carbocycles. The Balaban J connectivity index is 1.58. The van der Waals surface area contributed by atoms with Gasteiger partial charge in [-0.2, -0.15) is 0 Å². The second kappa shape index (κ2) is 7.09. The molecule has 0 spiro atoms. The van der Waals surface area contributed by atoms with Crippen LogP contribution in [0.3, 0.4) is 0 Å². The third-order valence-corrected chi connectivity index (χ3v) is 5.71. The molecule has 0 bridgehead atoms. The maximum absolute atomic E-state index is 6.30. The molecule has 0 unspecified atom stereocenters. The number of methoxy groups -OCH3 is 1. The van der Waals surface area contributed by atoms with Crippen LogP contribution in [-0.2, 0) is 12.8 Å². The van der Waals surface area contributed by atoms with Crippen molar-refractivity contribution in [2.45, 2.75) is 25.2 Å². The second-order valence-electron chi connectivity index (χ2n) is 7.41. The number of fused-ring (bicyclic) bond motifs is 3. The number of likely N-dealkylation sites (tertiary alicyclic amines) is 1. The molecule has 0 saturated carbocycles. The van der Waals surface area contributed by atoms with Crippen LogP contribution in [0.4, 0.5) is 0 Å². The van der Waals surface area contributed by atoms with Crippen molar-refractivity contribution in [1.29, 1.82) is 0 Å². The van der Waals surface area contributed by atoms with Crippen LogP contribution in [0.1, 0.15) is 29.0 Å². The number of rotatable bonds is 5. The van der Waals surface area contributed by atoms with E-state index in [0.29, 0.717) is 12.5 Å². The summed E-state index contributed by atoms with van der Waals surface area (Å²) < 4.78 is 11.8. The van der Waals surface area contributed by atoms with Gasteiger partial charge in [0.05, 0.1) is 13.7 Å². The van der Waals surface area contributed by atoms with Gasteiger partial charge < -0.3 is 14.4 Å². The molecule has 3 nitrogen and oxygen atoms in total. The zero-order chi connectivity index (χ0) is 17.2. The lowest BCUT2D eigenvalue weighted by Gasteiger charge is -2.30. The third-order valence-electron chi connectivity index (χ3n) is 5.71. The summed E-state index contributed by atoms with van der Waals surface area (Å²) in [5.74, 6) is 3.32. The first-order valence-electron chi connectivity index (χ1n) is 9.30. The van der Waals surface area contributed by atoms with Crippen molar-refractivity contribution in [3.8, 4) is 11.5 Å². The maximum Gasteiger partial charge on any atom is 0.126 e. The Hall–Kier alpha value is -2.00. The number of aryl methyl sites for hydroxylation is 1. The smallest absolute Gasteiger partial charge is 0.126 e. The van der Waals surface area contributed by atoms with Crippen LogP contribution >= 0.6 is 0 Å². The molecule has 1 aliphatic heterocycles. The van der Waals surface area contributed by atoms with Crippen molar-refractivity contribution in [3.63, 3.8) is 0 Å². The highest BCUT2D eigenvalue weighted by molar-refractivity contribution is 5.51. The SMILES string of the molecule is COc1cc2c(c(OCCc3ccccc3)c1)[C@@H]1CN(C)C[C@@H]1CC2. The topological polar surface area (TPSA) is 21.7 Å². The summed E-state index contributed by atoms with van der Waals surface area (Å²) in [4.78, 5) is 2.46. The van der Waals surface area contributed by atoms with Crippen LogP contribution in [0.15, 0.2) is 42.5 Å². The third kappa shape index (κ3) is 3.38. The van der Waals surface area contributed by atoms with Crippen LogP contribution in [-0.4, -0.2) is 38.8 Å². The van der Waals surface area contributed by atoms with Gasteiger partial charge in [0.2, 0.25) is 0 Å². The first kappa shape index (κ1) is 16.5. The molecule has 2 aromatic carbocycles. The van der Waals surface area contributed by atoms with E-state index in [1.165, 1.54) is 29.7 Å². The Bertz CT molecular complexity index is 728. The normalized spacial score (nSPS) is 22.3. The molecule has 4 rings (SSSR count). The lowest BCUT2D eigenvalue weighted by Crippen LogP contribution is -2.20. The second-order valence-corrected chi connectivity index (χ2v) is 7.41. The molecule has 2 aromatic rings. The van der Waals surface area contributed by atoms with E-state index in [-0.39, 0.29) is 0 Å². The molecule has 1 saturated heterocycles. The predicted octanol–water partition coefficient (Wildman–Crippen LogP) is 3.91. The van der Waals surface area contributed by atoms with E-state index in [9.17, 15) is 0 Å². The average Bonchev–Trinajstić information content (AvgIpc) is 3.02. The fourth-order valence-electron chi connectivity index (χ4n) is 4.49. The first-order chi connectivity index (χ1) is 12.2. The van der Waals surface area contributed by atoms with Gasteiger partial charge in [-0.3, -0.25) is 0 Å². The van der Waals surface area contributed by atoms with Crippen molar-refractivity contribution < 1.29 is 9.47 Å². The Morgan fingerprint density at radius 1 is 1.12 bits per heavy atom. The molecule has 0 N–H and O–H groups in total. The maximum atomic E-state index is 6.30. The first-order valence-corrected chi connectivity index (χ1v) is 9.30. The highest BCUT2D eigenvalue weighted by atomic mass is 16.5. The van der Waals surface area contributed by atoms with Gasteiger partial charge in [0, 0.05) is 37.1 Å². The lowest BCUT2D eigenvalue weighted by molar-refractivity contribution is 0.306. The van der Waals surface area contributed by atoms with Crippen molar-refractivity contribution in [2.75, 3.05) is 33.9 Å². The van der Waals surface area contributed by atoms with E-state index in [1.54, 1.807) is 7.11 Å². The number of benzene rings is 2. The van der Waals surface area contributed by atoms with E-state index in [4.69, 9.17) is 9.47 Å². The Morgan fingerprint density at radius 2 is 1.96 bits per heavy atom. The molecule has 2 aliphatic rings. The molecule has 0 amide bonds. The summed E-state index contributed by atoms with van der Waals surface area (Å²) in [6.45, 7) is 3.05. The fourth-order valence-corrected chi connectivity index (χ4v) is 4.49. The van der Waals surface area contributed by atoms with Gasteiger partial charge >= 0.3 is 0 Å². The highest BCUT2D eigenvalue weighted by Gasteiger charge is 2.38. The molecule has 2 atom stereocenters. The standard InChI is InChI=1S/C22H27NO2/c1-23-14-18-9-8-17-12-19(24-2)13-21(22(17)20(18)15-23)25-11-10-16-6-4-3-5-7-16/h3-7,12-13,18,20H,8-11,14-15H2,1-2H3/t18-,20+/m0/s1. The van der Waals surface area contributed by atoms with Crippen molar-refractivity contribution >= 4 is 0 Å². The minimum Gasteiger partial charge on any atom is -0.497 e. The zero-order valence-corrected chi connectivity index (χ0v) is 15.2. The molecular formula is C22H27NO2. The minimum absolute atomic E-state index is 0.603. The number of hydrogen-bond donors (Lipinski definition) is 0. The number of ether oxygens (including phenoxy) is 2. The van der Waals surface area contributed by atoms with E-state index in [1.807, 2.05) is 0 Å². The van der Waals surface area contributed by atoms with E-state index >= 15 is 0 Å². The molecule has 1 heterocycles. The van der Waals surface area contributed by atoms with Crippen molar-refractivity contribution in [1.82, 2.24) is 4.90 Å². The molecule has 0 aromatic heterocycles. The van der Waals surface area contributed by atoms with E-state index in [2.05, 4.69) is 54.4 Å². The Kier molecular flexibility index (Phi) is 4.67. The van der Waals surface area contributed by atoms with Crippen LogP contribution < -0.4 is 9.47 Å². The van der Waals surface area contributed by atoms with Gasteiger partial charge in [-0.05, 0) is 43.0 Å². The largest absolute Gasteiger partial charge is 0.497 e. The summed E-state index contributed by atoms with van der Waals surface area (Å²) in [6, 6.07) is 14.8. The van der Waals surface area contributed by atoms with Crippen LogP contribution in [0.2, 0.25) is 0 Å². The van der Waals surface area contributed by atoms with Gasteiger partial charge in [0.25, 0.3) is 0 Å². The van der Waals surface area contributed by atoms with Crippen molar-refractivity contribution in [2.24, 2.45) is 5.92 Å². The van der Waals surface area contributed by atoms with Gasteiger partial charge in [-0.25, -0.2) is 0 Å². The van der Waals surface area contributed by atoms with Crippen LogP contribution in [0.5, 0.6) is 11.5 Å². The van der Waals surface area contributed by atoms with Gasteiger partial charge in [-0.1, -0.05) is 30.3 Å². The molecule has 0 radical (unpaired) electrons. The number of likely N-dealkylation sites (N-methyl/N-ethyl adjacent to an activating group) is 1. The highest BCUT2D eigenvalue weighted by Crippen LogP contribution is 2.46. The predicted molar refractivity (Wildman–Crippen MR) is 101 cm³/mol. The molecule has 3 heteroatoms. The molecule has 1 fully saturated rings. The summed E-state index contributed by atoms with van der Waals surface area (Å²) in [5.41, 5.74) is 4.18. The van der Waals surface area contributed by atoms with E-state index in [0.717, 1.165) is 36.8 Å². The monoisotopic (exact) mass is 337 g/mol. The number of nitrogens with zero attached hydrogens (tertiary/aromatic N) is 1. The Labute approximate surface area is 150 Å². The summed E-state index contributed by atoms with van der Waals surface area (Å²) in [6.07, 6.45) is 3.34. The van der Waals surface area contributed by atoms with Crippen LogP contribution in [0.25, 0.3) is 0 Å². The molecule has 132 valence electrons.